The van der Waals surface area contributed by atoms with Gasteiger partial charge in [0, 0.05) is 35.9 Å². The molecule has 0 amide bonds. The smallest absolute Gasteiger partial charge is 0.185 e. The van der Waals surface area contributed by atoms with Crippen LogP contribution in [0, 0.1) is 0 Å². The van der Waals surface area contributed by atoms with Crippen LogP contribution in [-0.2, 0) is 17.9 Å². The molecule has 1 fully saturated rings. The second kappa shape index (κ2) is 11.4. The van der Waals surface area contributed by atoms with Crippen LogP contribution in [0.15, 0.2) is 97.1 Å². The molecule has 0 N–H and O–H groups in total. The predicted molar refractivity (Wildman–Crippen MR) is 139 cm³/mol. The number of rotatable bonds is 10. The molecule has 2 aromatic heterocycles. The van der Waals surface area contributed by atoms with Gasteiger partial charge < -0.3 is 18.6 Å². The second-order valence-corrected chi connectivity index (χ2v) is 8.60. The van der Waals surface area contributed by atoms with E-state index in [0.717, 1.165) is 59.7 Å². The van der Waals surface area contributed by atoms with E-state index in [1.165, 1.54) is 0 Å². The van der Waals surface area contributed by atoms with Gasteiger partial charge in [0.25, 0.3) is 0 Å². The minimum Gasteiger partial charge on any atom is -0.492 e. The fourth-order valence-electron chi connectivity index (χ4n) is 4.08. The molecular weight excluding hydrogens is 452 g/mol. The Balaban J connectivity index is 1.13. The average molecular weight is 481 g/mol. The molecule has 0 aliphatic heterocycles. The van der Waals surface area contributed by atoms with Gasteiger partial charge >= 0.3 is 0 Å². The van der Waals surface area contributed by atoms with E-state index >= 15 is 0 Å². The Morgan fingerprint density at radius 3 is 1.53 bits per heavy atom. The molecule has 2 aromatic carbocycles. The maximum atomic E-state index is 13.0. The average Bonchev–Trinajstić information content (AvgIpc) is 3.67. The number of hydrogen-bond donors (Lipinski definition) is 0. The number of Topliss-reactive ketones (excluding diaryl/α,β-unsaturated/α-hetero) is 1. The summed E-state index contributed by atoms with van der Waals surface area (Å²) in [7, 11) is 0. The molecule has 2 heterocycles. The van der Waals surface area contributed by atoms with E-state index in [-0.39, 0.29) is 5.78 Å². The first-order valence-electron chi connectivity index (χ1n) is 12.1. The first-order valence-corrected chi connectivity index (χ1v) is 12.1. The molecule has 7 heteroatoms. The Labute approximate surface area is 210 Å². The van der Waals surface area contributed by atoms with E-state index in [4.69, 9.17) is 9.47 Å². The highest BCUT2D eigenvalue weighted by molar-refractivity contribution is 6.15. The Morgan fingerprint density at radius 2 is 1.14 bits per heavy atom. The van der Waals surface area contributed by atoms with Gasteiger partial charge in [-0.1, -0.05) is 24.3 Å². The normalized spacial score (nSPS) is 15.6. The third-order valence-corrected chi connectivity index (χ3v) is 6.04. The van der Waals surface area contributed by atoms with Gasteiger partial charge in [-0.15, -0.1) is 0 Å². The number of aromatic nitrogens is 4. The summed E-state index contributed by atoms with van der Waals surface area (Å²) >= 11 is 0. The zero-order valence-corrected chi connectivity index (χ0v) is 20.0. The minimum atomic E-state index is 0.122. The minimum absolute atomic E-state index is 0.122. The summed E-state index contributed by atoms with van der Waals surface area (Å²) in [6, 6.07) is 15.7. The molecule has 1 aliphatic carbocycles. The van der Waals surface area contributed by atoms with Crippen molar-refractivity contribution in [2.45, 2.75) is 25.9 Å². The number of allylic oxidation sites excluding steroid dienone is 2. The number of carbonyl (C=O) groups excluding carboxylic acids is 1. The Kier molecular flexibility index (Phi) is 7.37. The lowest BCUT2D eigenvalue weighted by Gasteiger charge is -2.07. The molecule has 1 saturated carbocycles. The Hall–Kier alpha value is -4.39. The summed E-state index contributed by atoms with van der Waals surface area (Å²) in [5.74, 6) is 1.74. The van der Waals surface area contributed by atoms with Crippen molar-refractivity contribution in [3.8, 4) is 11.5 Å². The topological polar surface area (TPSA) is 71.2 Å². The van der Waals surface area contributed by atoms with Gasteiger partial charge in [0.2, 0.25) is 0 Å². The van der Waals surface area contributed by atoms with Gasteiger partial charge in [-0.2, -0.15) is 0 Å². The summed E-state index contributed by atoms with van der Waals surface area (Å²) in [6.07, 6.45) is 16.3. The number of imidazole rings is 2. The number of carbonyl (C=O) groups is 1. The molecule has 4 aromatic rings. The SMILES string of the molecule is O=C1/C(=C/c2ccc(OCCn3ccnc3)cc2)CC/C1=C\c1ccc(OCCn2ccnc2)cc1. The Morgan fingerprint density at radius 1 is 0.694 bits per heavy atom. The first-order chi connectivity index (χ1) is 17.7. The molecular formula is C29H28N4O3. The monoisotopic (exact) mass is 480 g/mol. The fraction of sp³-hybridized carbons (Fsp3) is 0.207. The van der Waals surface area contributed by atoms with Gasteiger partial charge in [0.1, 0.15) is 24.7 Å². The standard InChI is InChI=1S/C29H28N4O3/c34-29-25(19-23-1-7-27(8-2-23)35-17-15-32-13-11-30-21-32)5-6-26(29)20-24-3-9-28(10-4-24)36-18-16-33-14-12-31-22-33/h1-4,7-14,19-22H,5-6,15-18H2/b25-19+,26-20+. The number of nitrogens with zero attached hydrogens (tertiary/aromatic N) is 4. The highest BCUT2D eigenvalue weighted by Crippen LogP contribution is 2.30. The molecule has 1 aliphatic rings. The van der Waals surface area contributed by atoms with Crippen LogP contribution >= 0.6 is 0 Å². The molecule has 182 valence electrons. The van der Waals surface area contributed by atoms with Crippen LogP contribution in [0.5, 0.6) is 11.5 Å². The maximum absolute atomic E-state index is 13.0. The van der Waals surface area contributed by atoms with E-state index in [0.29, 0.717) is 13.2 Å². The maximum Gasteiger partial charge on any atom is 0.185 e. The van der Waals surface area contributed by atoms with Crippen LogP contribution in [0.4, 0.5) is 0 Å². The van der Waals surface area contributed by atoms with Crippen molar-refractivity contribution in [3.05, 3.63) is 108 Å². The van der Waals surface area contributed by atoms with Crippen molar-refractivity contribution in [2.75, 3.05) is 13.2 Å². The van der Waals surface area contributed by atoms with Crippen LogP contribution in [0.3, 0.4) is 0 Å². The summed E-state index contributed by atoms with van der Waals surface area (Å²) in [5, 5.41) is 0. The van der Waals surface area contributed by atoms with Crippen molar-refractivity contribution in [3.63, 3.8) is 0 Å². The number of benzene rings is 2. The largest absolute Gasteiger partial charge is 0.492 e. The highest BCUT2D eigenvalue weighted by Gasteiger charge is 2.22. The van der Waals surface area contributed by atoms with Gasteiger partial charge in [0.05, 0.1) is 25.7 Å². The summed E-state index contributed by atoms with van der Waals surface area (Å²) in [6.45, 7) is 2.64. The quantitative estimate of drug-likeness (QED) is 0.297. The van der Waals surface area contributed by atoms with E-state index in [1.807, 2.05) is 82.2 Å². The second-order valence-electron chi connectivity index (χ2n) is 8.60. The van der Waals surface area contributed by atoms with Crippen LogP contribution < -0.4 is 9.47 Å². The molecule has 7 nitrogen and oxygen atoms in total. The van der Waals surface area contributed by atoms with Gasteiger partial charge in [-0.3, -0.25) is 4.79 Å². The van der Waals surface area contributed by atoms with Crippen LogP contribution in [-0.4, -0.2) is 38.1 Å². The van der Waals surface area contributed by atoms with E-state index in [2.05, 4.69) is 9.97 Å². The van der Waals surface area contributed by atoms with Crippen molar-refractivity contribution < 1.29 is 14.3 Å². The van der Waals surface area contributed by atoms with Crippen molar-refractivity contribution in [2.24, 2.45) is 0 Å². The fourth-order valence-corrected chi connectivity index (χ4v) is 4.08. The third kappa shape index (κ3) is 6.18. The highest BCUT2D eigenvalue weighted by atomic mass is 16.5. The van der Waals surface area contributed by atoms with Gasteiger partial charge in [0.15, 0.2) is 5.78 Å². The molecule has 0 saturated heterocycles. The van der Waals surface area contributed by atoms with Gasteiger partial charge in [-0.25, -0.2) is 9.97 Å². The first kappa shape index (κ1) is 23.4. The Bertz CT molecular complexity index is 1220. The lowest BCUT2D eigenvalue weighted by Crippen LogP contribution is -2.06. The zero-order chi connectivity index (χ0) is 24.6. The van der Waals surface area contributed by atoms with Gasteiger partial charge in [-0.05, 0) is 60.4 Å². The number of ether oxygens (including phenoxy) is 2. The predicted octanol–water partition coefficient (Wildman–Crippen LogP) is 5.07. The van der Waals surface area contributed by atoms with Crippen molar-refractivity contribution >= 4 is 17.9 Å². The molecule has 0 spiro atoms. The molecule has 36 heavy (non-hydrogen) atoms. The van der Waals surface area contributed by atoms with Crippen molar-refractivity contribution in [1.82, 2.24) is 19.1 Å². The third-order valence-electron chi connectivity index (χ3n) is 6.04. The zero-order valence-electron chi connectivity index (χ0n) is 20.0. The number of ketones is 1. The van der Waals surface area contributed by atoms with E-state index in [9.17, 15) is 4.79 Å². The summed E-state index contributed by atoms with van der Waals surface area (Å²) < 4.78 is 15.5. The lowest BCUT2D eigenvalue weighted by atomic mass is 10.1. The van der Waals surface area contributed by atoms with Crippen molar-refractivity contribution in [1.29, 1.82) is 0 Å². The molecule has 0 bridgehead atoms. The summed E-state index contributed by atoms with van der Waals surface area (Å²) in [4.78, 5) is 21.0. The van der Waals surface area contributed by atoms with Crippen LogP contribution in [0.1, 0.15) is 24.0 Å². The number of hydrogen-bond acceptors (Lipinski definition) is 5. The lowest BCUT2D eigenvalue weighted by molar-refractivity contribution is -0.111. The van der Waals surface area contributed by atoms with Crippen LogP contribution in [0.25, 0.3) is 12.2 Å². The summed E-state index contributed by atoms with van der Waals surface area (Å²) in [5.41, 5.74) is 3.68. The van der Waals surface area contributed by atoms with E-state index < -0.39 is 0 Å². The molecule has 0 radical (unpaired) electrons. The molecule has 0 unspecified atom stereocenters. The van der Waals surface area contributed by atoms with E-state index in [1.54, 1.807) is 25.0 Å². The molecule has 5 rings (SSSR count). The van der Waals surface area contributed by atoms with Crippen LogP contribution in [0.2, 0.25) is 0 Å². The molecule has 0 atom stereocenters.